The van der Waals surface area contributed by atoms with Gasteiger partial charge >= 0.3 is 5.97 Å². The summed E-state index contributed by atoms with van der Waals surface area (Å²) in [5, 5.41) is 9.06. The highest BCUT2D eigenvalue weighted by Gasteiger charge is 2.30. The van der Waals surface area contributed by atoms with Crippen LogP contribution in [0.3, 0.4) is 0 Å². The SMILES string of the molecule is CCC(C)n1c(C2CC2)nc2cc(C(=O)O)ccc21. The third-order valence-electron chi connectivity index (χ3n) is 3.94. The van der Waals surface area contributed by atoms with Crippen LogP contribution in [0.5, 0.6) is 0 Å². The summed E-state index contributed by atoms with van der Waals surface area (Å²) in [6, 6.07) is 5.64. The summed E-state index contributed by atoms with van der Waals surface area (Å²) in [7, 11) is 0. The zero-order chi connectivity index (χ0) is 13.6. The molecule has 1 fully saturated rings. The fraction of sp³-hybridized carbons (Fsp3) is 0.467. The van der Waals surface area contributed by atoms with E-state index in [1.807, 2.05) is 6.07 Å². The third kappa shape index (κ3) is 2.01. The molecule has 1 unspecified atom stereocenters. The highest BCUT2D eigenvalue weighted by molar-refractivity contribution is 5.92. The van der Waals surface area contributed by atoms with Gasteiger partial charge in [-0.15, -0.1) is 0 Å². The van der Waals surface area contributed by atoms with Crippen LogP contribution in [0.15, 0.2) is 18.2 Å². The van der Waals surface area contributed by atoms with Gasteiger partial charge in [0.15, 0.2) is 0 Å². The fourth-order valence-corrected chi connectivity index (χ4v) is 2.53. The fourth-order valence-electron chi connectivity index (χ4n) is 2.53. The Labute approximate surface area is 112 Å². The third-order valence-corrected chi connectivity index (χ3v) is 3.94. The number of carboxylic acid groups (broad SMARTS) is 1. The van der Waals surface area contributed by atoms with Crippen LogP contribution in [0.25, 0.3) is 11.0 Å². The summed E-state index contributed by atoms with van der Waals surface area (Å²) in [5.41, 5.74) is 2.17. The molecule has 1 atom stereocenters. The topological polar surface area (TPSA) is 55.1 Å². The Morgan fingerprint density at radius 3 is 2.84 bits per heavy atom. The average molecular weight is 258 g/mol. The minimum absolute atomic E-state index is 0.309. The van der Waals surface area contributed by atoms with Crippen molar-refractivity contribution in [3.63, 3.8) is 0 Å². The van der Waals surface area contributed by atoms with Crippen molar-refractivity contribution < 1.29 is 9.90 Å². The van der Waals surface area contributed by atoms with Gasteiger partial charge in [0.25, 0.3) is 0 Å². The predicted molar refractivity (Wildman–Crippen MR) is 73.7 cm³/mol. The Morgan fingerprint density at radius 2 is 2.26 bits per heavy atom. The maximum absolute atomic E-state index is 11.0. The van der Waals surface area contributed by atoms with E-state index >= 15 is 0 Å². The number of fused-ring (bicyclic) bond motifs is 1. The molecule has 0 aliphatic heterocycles. The summed E-state index contributed by atoms with van der Waals surface area (Å²) in [6.45, 7) is 4.36. The lowest BCUT2D eigenvalue weighted by Crippen LogP contribution is -2.07. The molecule has 19 heavy (non-hydrogen) atoms. The number of rotatable bonds is 4. The second-order valence-corrected chi connectivity index (χ2v) is 5.38. The average Bonchev–Trinajstić information content (AvgIpc) is 3.17. The van der Waals surface area contributed by atoms with E-state index in [0.717, 1.165) is 23.3 Å². The van der Waals surface area contributed by atoms with Crippen molar-refractivity contribution in [2.24, 2.45) is 0 Å². The molecule has 0 amide bonds. The van der Waals surface area contributed by atoms with E-state index in [2.05, 4.69) is 23.4 Å². The van der Waals surface area contributed by atoms with Crippen LogP contribution in [-0.2, 0) is 0 Å². The zero-order valence-corrected chi connectivity index (χ0v) is 11.3. The molecule has 2 aromatic rings. The quantitative estimate of drug-likeness (QED) is 0.911. The molecule has 1 aliphatic rings. The monoisotopic (exact) mass is 258 g/mol. The number of aromatic nitrogens is 2. The van der Waals surface area contributed by atoms with E-state index in [1.165, 1.54) is 12.8 Å². The second kappa shape index (κ2) is 4.37. The Hall–Kier alpha value is -1.84. The van der Waals surface area contributed by atoms with Crippen molar-refractivity contribution in [1.82, 2.24) is 9.55 Å². The smallest absolute Gasteiger partial charge is 0.335 e. The van der Waals surface area contributed by atoms with Crippen molar-refractivity contribution in [3.05, 3.63) is 29.6 Å². The first-order valence-corrected chi connectivity index (χ1v) is 6.87. The predicted octanol–water partition coefficient (Wildman–Crippen LogP) is 3.58. The number of nitrogens with zero attached hydrogens (tertiary/aromatic N) is 2. The molecule has 1 saturated carbocycles. The van der Waals surface area contributed by atoms with Crippen LogP contribution in [-0.4, -0.2) is 20.6 Å². The maximum atomic E-state index is 11.0. The number of imidazole rings is 1. The van der Waals surface area contributed by atoms with Crippen LogP contribution in [0.1, 0.15) is 61.3 Å². The highest BCUT2D eigenvalue weighted by atomic mass is 16.4. The molecule has 1 aromatic heterocycles. The highest BCUT2D eigenvalue weighted by Crippen LogP contribution is 2.42. The molecule has 4 heteroatoms. The molecule has 0 saturated heterocycles. The number of carbonyl (C=O) groups is 1. The molecule has 1 aromatic carbocycles. The molecule has 1 heterocycles. The van der Waals surface area contributed by atoms with Crippen LogP contribution in [0, 0.1) is 0 Å². The summed E-state index contributed by atoms with van der Waals surface area (Å²) >= 11 is 0. The van der Waals surface area contributed by atoms with E-state index in [9.17, 15) is 4.79 Å². The molecule has 0 bridgehead atoms. The molecule has 1 aliphatic carbocycles. The molecule has 0 spiro atoms. The lowest BCUT2D eigenvalue weighted by molar-refractivity contribution is 0.0697. The Morgan fingerprint density at radius 1 is 1.53 bits per heavy atom. The molecular formula is C15H18N2O2. The largest absolute Gasteiger partial charge is 0.478 e. The van der Waals surface area contributed by atoms with Crippen molar-refractivity contribution in [2.45, 2.75) is 45.1 Å². The van der Waals surface area contributed by atoms with Gasteiger partial charge in [-0.25, -0.2) is 9.78 Å². The molecule has 3 rings (SSSR count). The minimum atomic E-state index is -0.895. The lowest BCUT2D eigenvalue weighted by Gasteiger charge is -2.15. The van der Waals surface area contributed by atoms with Crippen molar-refractivity contribution in [2.75, 3.05) is 0 Å². The van der Waals surface area contributed by atoms with Gasteiger partial charge in [0, 0.05) is 12.0 Å². The summed E-state index contributed by atoms with van der Waals surface area (Å²) in [4.78, 5) is 15.7. The van der Waals surface area contributed by atoms with Crippen LogP contribution in [0.2, 0.25) is 0 Å². The van der Waals surface area contributed by atoms with Gasteiger partial charge in [0.1, 0.15) is 5.82 Å². The van der Waals surface area contributed by atoms with E-state index in [1.54, 1.807) is 12.1 Å². The van der Waals surface area contributed by atoms with Gasteiger partial charge in [0.2, 0.25) is 0 Å². The van der Waals surface area contributed by atoms with Crippen molar-refractivity contribution in [1.29, 1.82) is 0 Å². The van der Waals surface area contributed by atoms with Crippen molar-refractivity contribution in [3.8, 4) is 0 Å². The molecular weight excluding hydrogens is 240 g/mol. The number of benzene rings is 1. The van der Waals surface area contributed by atoms with E-state index in [0.29, 0.717) is 17.5 Å². The molecule has 100 valence electrons. The molecule has 4 nitrogen and oxygen atoms in total. The van der Waals surface area contributed by atoms with Crippen molar-refractivity contribution >= 4 is 17.0 Å². The lowest BCUT2D eigenvalue weighted by atomic mass is 10.2. The second-order valence-electron chi connectivity index (χ2n) is 5.38. The summed E-state index contributed by atoms with van der Waals surface area (Å²) in [5.74, 6) is 0.800. The van der Waals surface area contributed by atoms with E-state index in [-0.39, 0.29) is 0 Å². The van der Waals surface area contributed by atoms with Crippen LogP contribution >= 0.6 is 0 Å². The zero-order valence-electron chi connectivity index (χ0n) is 11.3. The standard InChI is InChI=1S/C15H18N2O2/c1-3-9(2)17-13-7-6-11(15(18)19)8-12(13)16-14(17)10-4-5-10/h6-10H,3-5H2,1-2H3,(H,18,19). The first-order valence-electron chi connectivity index (χ1n) is 6.87. The molecule has 1 N–H and O–H groups in total. The first-order chi connectivity index (χ1) is 9.11. The van der Waals surface area contributed by atoms with Gasteiger partial charge in [-0.2, -0.15) is 0 Å². The maximum Gasteiger partial charge on any atom is 0.335 e. The van der Waals surface area contributed by atoms with Gasteiger partial charge < -0.3 is 9.67 Å². The van der Waals surface area contributed by atoms with E-state index in [4.69, 9.17) is 5.11 Å². The van der Waals surface area contributed by atoms with Crippen LogP contribution < -0.4 is 0 Å². The van der Waals surface area contributed by atoms with Gasteiger partial charge in [0.05, 0.1) is 16.6 Å². The van der Waals surface area contributed by atoms with E-state index < -0.39 is 5.97 Å². The summed E-state index contributed by atoms with van der Waals surface area (Å²) in [6.07, 6.45) is 3.45. The molecule has 0 radical (unpaired) electrons. The minimum Gasteiger partial charge on any atom is -0.478 e. The Balaban J connectivity index is 2.20. The summed E-state index contributed by atoms with van der Waals surface area (Å²) < 4.78 is 2.29. The first kappa shape index (κ1) is 12.2. The number of hydrogen-bond acceptors (Lipinski definition) is 2. The Kier molecular flexibility index (Phi) is 2.81. The Bertz CT molecular complexity index is 641. The van der Waals surface area contributed by atoms with Gasteiger partial charge in [-0.3, -0.25) is 0 Å². The normalized spacial score (nSPS) is 16.7. The number of hydrogen-bond donors (Lipinski definition) is 1. The van der Waals surface area contributed by atoms with Crippen LogP contribution in [0.4, 0.5) is 0 Å². The van der Waals surface area contributed by atoms with Gasteiger partial charge in [-0.1, -0.05) is 6.92 Å². The van der Waals surface area contributed by atoms with Gasteiger partial charge in [-0.05, 0) is 44.4 Å². The number of aromatic carboxylic acids is 1. The number of carboxylic acids is 1.